The summed E-state index contributed by atoms with van der Waals surface area (Å²) in [6.07, 6.45) is 1.85. The van der Waals surface area contributed by atoms with Gasteiger partial charge in [0.15, 0.2) is 0 Å². The largest absolute Gasteiger partial charge is 0.497 e. The zero-order valence-electron chi connectivity index (χ0n) is 20.2. The second kappa shape index (κ2) is 10.4. The number of rotatable bonds is 9. The molecule has 0 saturated carbocycles. The molecule has 0 bridgehead atoms. The highest BCUT2D eigenvalue weighted by Crippen LogP contribution is 2.27. The Morgan fingerprint density at radius 1 is 1.03 bits per heavy atom. The number of hydrogen-bond donors (Lipinski definition) is 1. The number of amides is 1. The third-order valence-electron chi connectivity index (χ3n) is 5.27. The van der Waals surface area contributed by atoms with E-state index in [1.165, 1.54) is 0 Å². The van der Waals surface area contributed by atoms with Crippen LogP contribution >= 0.6 is 0 Å². The molecule has 0 aliphatic rings. The van der Waals surface area contributed by atoms with E-state index in [2.05, 4.69) is 39.9 Å². The number of carbonyl (C=O) groups is 1. The minimum Gasteiger partial charge on any atom is -0.497 e. The van der Waals surface area contributed by atoms with Crippen molar-refractivity contribution in [2.75, 3.05) is 24.2 Å². The molecule has 1 N–H and O–H groups in total. The summed E-state index contributed by atoms with van der Waals surface area (Å²) < 4.78 is 31.3. The van der Waals surface area contributed by atoms with Crippen molar-refractivity contribution in [3.05, 3.63) is 59.7 Å². The van der Waals surface area contributed by atoms with Crippen LogP contribution < -0.4 is 14.4 Å². The Labute approximate surface area is 193 Å². The van der Waals surface area contributed by atoms with Gasteiger partial charge in [-0.25, -0.2) is 8.42 Å². The Balaban J connectivity index is 2.23. The highest BCUT2D eigenvalue weighted by Gasteiger charge is 2.24. The minimum absolute atomic E-state index is 0.0474. The van der Waals surface area contributed by atoms with Crippen molar-refractivity contribution in [2.24, 2.45) is 5.92 Å². The Hall–Kier alpha value is -2.54. The maximum absolute atomic E-state index is 12.9. The van der Waals surface area contributed by atoms with E-state index < -0.39 is 10.0 Å². The van der Waals surface area contributed by atoms with E-state index in [1.54, 1.807) is 19.2 Å². The Morgan fingerprint density at radius 2 is 1.59 bits per heavy atom. The number of sulfonamides is 1. The minimum atomic E-state index is -3.64. The zero-order chi connectivity index (χ0) is 24.1. The average Bonchev–Trinajstić information content (AvgIpc) is 2.70. The molecule has 0 heterocycles. The van der Waals surface area contributed by atoms with Gasteiger partial charge in [-0.1, -0.05) is 58.9 Å². The van der Waals surface area contributed by atoms with E-state index in [1.807, 2.05) is 36.4 Å². The van der Waals surface area contributed by atoms with E-state index in [0.717, 1.165) is 33.9 Å². The number of hydrogen-bond acceptors (Lipinski definition) is 4. The average molecular weight is 461 g/mol. The van der Waals surface area contributed by atoms with Gasteiger partial charge in [-0.3, -0.25) is 9.10 Å². The highest BCUT2D eigenvalue weighted by atomic mass is 32.2. The lowest BCUT2D eigenvalue weighted by molar-refractivity contribution is -0.120. The van der Waals surface area contributed by atoms with Crippen LogP contribution in [0.2, 0.25) is 0 Å². The van der Waals surface area contributed by atoms with E-state index in [0.29, 0.717) is 11.6 Å². The fraction of sp³-hybridized carbons (Fsp3) is 0.480. The molecule has 1 amide bonds. The predicted octanol–water partition coefficient (Wildman–Crippen LogP) is 4.66. The first-order valence-electron chi connectivity index (χ1n) is 10.8. The van der Waals surface area contributed by atoms with Crippen LogP contribution in [0.5, 0.6) is 5.75 Å². The van der Waals surface area contributed by atoms with E-state index in [-0.39, 0.29) is 23.9 Å². The zero-order valence-corrected chi connectivity index (χ0v) is 21.0. The number of anilines is 1. The number of nitrogens with zero attached hydrogens (tertiary/aromatic N) is 1. The molecular weight excluding hydrogens is 424 g/mol. The van der Waals surface area contributed by atoms with Crippen molar-refractivity contribution in [1.29, 1.82) is 0 Å². The molecular formula is C25H36N2O4S. The van der Waals surface area contributed by atoms with Gasteiger partial charge in [-0.15, -0.1) is 0 Å². The van der Waals surface area contributed by atoms with Crippen LogP contribution in [0.1, 0.15) is 58.2 Å². The summed E-state index contributed by atoms with van der Waals surface area (Å²) in [6, 6.07) is 14.7. The van der Waals surface area contributed by atoms with Gasteiger partial charge in [0, 0.05) is 0 Å². The maximum Gasteiger partial charge on any atom is 0.241 e. The molecule has 0 saturated heterocycles. The molecule has 0 fully saturated rings. The first-order valence-corrected chi connectivity index (χ1v) is 12.7. The monoisotopic (exact) mass is 460 g/mol. The summed E-state index contributed by atoms with van der Waals surface area (Å²) in [6.45, 7) is 10.2. The highest BCUT2D eigenvalue weighted by molar-refractivity contribution is 7.92. The molecule has 0 radical (unpaired) electrons. The van der Waals surface area contributed by atoms with Crippen LogP contribution in [0, 0.1) is 5.92 Å². The standard InChI is InChI=1S/C25H36N2O4S/c1-18(2)16-23(19-8-14-22(31-6)15-9-19)26-24(28)17-27(32(7,29)30)21-12-10-20(11-13-21)25(3,4)5/h8-15,18,23H,16-17H2,1-7H3,(H,26,28)/t23-/m0/s1. The van der Waals surface area contributed by atoms with Gasteiger partial charge in [-0.05, 0) is 53.1 Å². The molecule has 6 nitrogen and oxygen atoms in total. The number of carbonyl (C=O) groups excluding carboxylic acids is 1. The van der Waals surface area contributed by atoms with Gasteiger partial charge in [0.25, 0.3) is 0 Å². The van der Waals surface area contributed by atoms with Crippen molar-refractivity contribution in [1.82, 2.24) is 5.32 Å². The van der Waals surface area contributed by atoms with Crippen LogP contribution in [0.15, 0.2) is 48.5 Å². The molecule has 0 spiro atoms. The molecule has 2 aromatic rings. The van der Waals surface area contributed by atoms with Gasteiger partial charge in [0.05, 0.1) is 25.1 Å². The van der Waals surface area contributed by atoms with Gasteiger partial charge >= 0.3 is 0 Å². The van der Waals surface area contributed by atoms with Crippen molar-refractivity contribution < 1.29 is 17.9 Å². The summed E-state index contributed by atoms with van der Waals surface area (Å²) in [7, 11) is -2.03. The number of ether oxygens (including phenoxy) is 1. The molecule has 32 heavy (non-hydrogen) atoms. The normalized spacial score (nSPS) is 13.0. The molecule has 2 rings (SSSR count). The summed E-state index contributed by atoms with van der Waals surface area (Å²) >= 11 is 0. The van der Waals surface area contributed by atoms with Crippen LogP contribution in [-0.4, -0.2) is 34.2 Å². The SMILES string of the molecule is COc1ccc([C@H](CC(C)C)NC(=O)CN(c2ccc(C(C)(C)C)cc2)S(C)(=O)=O)cc1. The van der Waals surface area contributed by atoms with Crippen LogP contribution in [0.4, 0.5) is 5.69 Å². The number of nitrogens with one attached hydrogen (secondary N) is 1. The van der Waals surface area contributed by atoms with Crippen molar-refractivity contribution in [3.8, 4) is 5.75 Å². The van der Waals surface area contributed by atoms with Crippen molar-refractivity contribution >= 4 is 21.6 Å². The van der Waals surface area contributed by atoms with Crippen LogP contribution in [-0.2, 0) is 20.2 Å². The van der Waals surface area contributed by atoms with E-state index in [9.17, 15) is 13.2 Å². The lowest BCUT2D eigenvalue weighted by Crippen LogP contribution is -2.41. The Morgan fingerprint density at radius 3 is 2.03 bits per heavy atom. The molecule has 0 aliphatic heterocycles. The van der Waals surface area contributed by atoms with Gasteiger partial charge in [0.2, 0.25) is 15.9 Å². The van der Waals surface area contributed by atoms with E-state index >= 15 is 0 Å². The lowest BCUT2D eigenvalue weighted by atomic mass is 9.87. The van der Waals surface area contributed by atoms with Crippen LogP contribution in [0.25, 0.3) is 0 Å². The first kappa shape index (κ1) is 25.7. The molecule has 2 aromatic carbocycles. The predicted molar refractivity (Wildman–Crippen MR) is 131 cm³/mol. The van der Waals surface area contributed by atoms with Crippen LogP contribution in [0.3, 0.4) is 0 Å². The second-order valence-corrected chi connectivity index (χ2v) is 11.5. The molecule has 0 aliphatic carbocycles. The fourth-order valence-electron chi connectivity index (χ4n) is 3.48. The van der Waals surface area contributed by atoms with Gasteiger partial charge in [0.1, 0.15) is 12.3 Å². The molecule has 0 unspecified atom stereocenters. The number of methoxy groups -OCH3 is 1. The third kappa shape index (κ3) is 7.26. The molecule has 7 heteroatoms. The topological polar surface area (TPSA) is 75.7 Å². The molecule has 0 aromatic heterocycles. The number of benzene rings is 2. The first-order chi connectivity index (χ1) is 14.8. The quantitative estimate of drug-likeness (QED) is 0.590. The molecule has 176 valence electrons. The molecule has 1 atom stereocenters. The van der Waals surface area contributed by atoms with Crippen molar-refractivity contribution in [2.45, 2.75) is 52.5 Å². The summed E-state index contributed by atoms with van der Waals surface area (Å²) in [5.74, 6) is 0.737. The van der Waals surface area contributed by atoms with Gasteiger partial charge in [-0.2, -0.15) is 0 Å². The van der Waals surface area contributed by atoms with E-state index in [4.69, 9.17) is 4.74 Å². The maximum atomic E-state index is 12.9. The summed E-state index contributed by atoms with van der Waals surface area (Å²) in [5, 5.41) is 3.02. The summed E-state index contributed by atoms with van der Waals surface area (Å²) in [5.41, 5.74) is 2.47. The Bertz CT molecular complexity index is 992. The smallest absolute Gasteiger partial charge is 0.241 e. The second-order valence-electron chi connectivity index (χ2n) is 9.59. The van der Waals surface area contributed by atoms with Crippen molar-refractivity contribution in [3.63, 3.8) is 0 Å². The fourth-order valence-corrected chi connectivity index (χ4v) is 4.34. The lowest BCUT2D eigenvalue weighted by Gasteiger charge is -2.26. The third-order valence-corrected chi connectivity index (χ3v) is 6.41. The van der Waals surface area contributed by atoms with Gasteiger partial charge < -0.3 is 10.1 Å². The summed E-state index contributed by atoms with van der Waals surface area (Å²) in [4.78, 5) is 12.9. The Kier molecular flexibility index (Phi) is 8.35.